The molecular weight excluding hydrogens is 298 g/mol. The predicted octanol–water partition coefficient (Wildman–Crippen LogP) is 1.50. The maximum absolute atomic E-state index is 12.3. The first-order valence-corrected chi connectivity index (χ1v) is 8.07. The molecule has 7 nitrogen and oxygen atoms in total. The molecule has 7 heteroatoms. The van der Waals surface area contributed by atoms with Gasteiger partial charge in [0, 0.05) is 19.5 Å². The number of carboxylic acid groups (broad SMARTS) is 1. The summed E-state index contributed by atoms with van der Waals surface area (Å²) in [6.07, 6.45) is 3.18. The van der Waals surface area contributed by atoms with Crippen molar-refractivity contribution >= 4 is 11.9 Å². The molecule has 0 saturated heterocycles. The Bertz CT molecular complexity index is 574. The van der Waals surface area contributed by atoms with Crippen LogP contribution >= 0.6 is 0 Å². The number of aryl methyl sites for hydroxylation is 2. The van der Waals surface area contributed by atoms with E-state index in [4.69, 9.17) is 9.84 Å². The minimum atomic E-state index is -0.753. The Morgan fingerprint density at radius 3 is 2.43 bits per heavy atom. The minimum absolute atomic E-state index is 0.0122. The molecule has 1 aromatic heterocycles. The van der Waals surface area contributed by atoms with Crippen LogP contribution < -0.4 is 10.1 Å². The van der Waals surface area contributed by atoms with Crippen molar-refractivity contribution in [3.8, 4) is 5.88 Å². The van der Waals surface area contributed by atoms with Crippen LogP contribution in [0.2, 0.25) is 0 Å². The van der Waals surface area contributed by atoms with Crippen LogP contribution in [0.3, 0.4) is 0 Å². The summed E-state index contributed by atoms with van der Waals surface area (Å²) in [5, 5.41) is 16.4. The molecular formula is C16H25N3O4. The molecule has 1 aromatic rings. The SMILES string of the molecule is CCc1nn(C)c(OC)c1CNC(=O)C1CCC(C(=O)O)CC1. The summed E-state index contributed by atoms with van der Waals surface area (Å²) < 4.78 is 7.04. The molecule has 2 rings (SSSR count). The molecule has 1 heterocycles. The second kappa shape index (κ2) is 7.48. The zero-order valence-electron chi connectivity index (χ0n) is 14.0. The number of aromatic nitrogens is 2. The van der Waals surface area contributed by atoms with Gasteiger partial charge in [-0.05, 0) is 32.1 Å². The van der Waals surface area contributed by atoms with Crippen LogP contribution in [-0.4, -0.2) is 33.9 Å². The number of hydrogen-bond acceptors (Lipinski definition) is 4. The summed E-state index contributed by atoms with van der Waals surface area (Å²) in [7, 11) is 3.41. The third kappa shape index (κ3) is 3.83. The molecule has 1 aliphatic carbocycles. The molecule has 0 aliphatic heterocycles. The van der Waals surface area contributed by atoms with Crippen molar-refractivity contribution in [3.63, 3.8) is 0 Å². The molecule has 0 bridgehead atoms. The van der Waals surface area contributed by atoms with Crippen LogP contribution in [0.15, 0.2) is 0 Å². The number of methoxy groups -OCH3 is 1. The van der Waals surface area contributed by atoms with Gasteiger partial charge in [-0.2, -0.15) is 5.10 Å². The molecule has 1 saturated carbocycles. The fourth-order valence-electron chi connectivity index (χ4n) is 3.25. The van der Waals surface area contributed by atoms with Crippen molar-refractivity contribution < 1.29 is 19.4 Å². The summed E-state index contributed by atoms with van der Waals surface area (Å²) in [4.78, 5) is 23.3. The molecule has 0 radical (unpaired) electrons. The van der Waals surface area contributed by atoms with Gasteiger partial charge in [0.1, 0.15) is 0 Å². The molecule has 0 atom stereocenters. The van der Waals surface area contributed by atoms with E-state index in [1.807, 2.05) is 14.0 Å². The Balaban J connectivity index is 1.94. The zero-order chi connectivity index (χ0) is 17.0. The van der Waals surface area contributed by atoms with Crippen molar-refractivity contribution in [2.75, 3.05) is 7.11 Å². The normalized spacial score (nSPS) is 21.0. The lowest BCUT2D eigenvalue weighted by Crippen LogP contribution is -2.34. The third-order valence-electron chi connectivity index (χ3n) is 4.59. The first-order chi connectivity index (χ1) is 11.0. The van der Waals surface area contributed by atoms with E-state index in [-0.39, 0.29) is 17.7 Å². The quantitative estimate of drug-likeness (QED) is 0.827. The fraction of sp³-hybridized carbons (Fsp3) is 0.688. The number of hydrogen-bond donors (Lipinski definition) is 2. The highest BCUT2D eigenvalue weighted by Crippen LogP contribution is 2.29. The fourth-order valence-corrected chi connectivity index (χ4v) is 3.25. The van der Waals surface area contributed by atoms with Crippen molar-refractivity contribution in [2.24, 2.45) is 18.9 Å². The molecule has 1 aliphatic rings. The van der Waals surface area contributed by atoms with Gasteiger partial charge in [0.05, 0.1) is 24.3 Å². The molecule has 0 aromatic carbocycles. The lowest BCUT2D eigenvalue weighted by molar-refractivity contribution is -0.144. The summed E-state index contributed by atoms with van der Waals surface area (Å²) in [5.74, 6) is -0.502. The number of nitrogens with zero attached hydrogens (tertiary/aromatic N) is 2. The van der Waals surface area contributed by atoms with Crippen molar-refractivity contribution in [2.45, 2.75) is 45.6 Å². The lowest BCUT2D eigenvalue weighted by Gasteiger charge is -2.25. The van der Waals surface area contributed by atoms with Crippen LogP contribution in [0.1, 0.15) is 43.9 Å². The van der Waals surface area contributed by atoms with E-state index in [9.17, 15) is 9.59 Å². The summed E-state index contributed by atoms with van der Waals surface area (Å²) in [5.41, 5.74) is 1.82. The van der Waals surface area contributed by atoms with Gasteiger partial charge in [-0.3, -0.25) is 9.59 Å². The van der Waals surface area contributed by atoms with Gasteiger partial charge in [0.2, 0.25) is 11.8 Å². The summed E-state index contributed by atoms with van der Waals surface area (Å²) in [6.45, 7) is 2.40. The number of rotatable bonds is 6. The second-order valence-corrected chi connectivity index (χ2v) is 6.02. The molecule has 2 N–H and O–H groups in total. The van der Waals surface area contributed by atoms with Crippen molar-refractivity contribution in [3.05, 3.63) is 11.3 Å². The van der Waals surface area contributed by atoms with E-state index in [1.54, 1.807) is 11.8 Å². The highest BCUT2D eigenvalue weighted by atomic mass is 16.5. The largest absolute Gasteiger partial charge is 0.481 e. The highest BCUT2D eigenvalue weighted by molar-refractivity contribution is 5.79. The predicted molar refractivity (Wildman–Crippen MR) is 84.1 cm³/mol. The third-order valence-corrected chi connectivity index (χ3v) is 4.59. The Kier molecular flexibility index (Phi) is 5.63. The van der Waals surface area contributed by atoms with Gasteiger partial charge >= 0.3 is 5.97 Å². The Morgan fingerprint density at radius 1 is 1.30 bits per heavy atom. The standard InChI is InChI=1S/C16H25N3O4/c1-4-13-12(15(23-3)19(2)18-13)9-17-14(20)10-5-7-11(8-6-10)16(21)22/h10-11H,4-9H2,1-3H3,(H,17,20)(H,21,22). The second-order valence-electron chi connectivity index (χ2n) is 6.02. The van der Waals surface area contributed by atoms with E-state index < -0.39 is 5.97 Å². The molecule has 1 fully saturated rings. The number of ether oxygens (including phenoxy) is 1. The number of carboxylic acids is 1. The molecule has 23 heavy (non-hydrogen) atoms. The van der Waals surface area contributed by atoms with Gasteiger partial charge in [0.25, 0.3) is 0 Å². The first-order valence-electron chi connectivity index (χ1n) is 8.07. The van der Waals surface area contributed by atoms with Gasteiger partial charge in [-0.15, -0.1) is 0 Å². The maximum Gasteiger partial charge on any atom is 0.306 e. The van der Waals surface area contributed by atoms with Gasteiger partial charge in [-0.25, -0.2) is 4.68 Å². The zero-order valence-corrected chi connectivity index (χ0v) is 14.0. The van der Waals surface area contributed by atoms with Crippen LogP contribution in [0.25, 0.3) is 0 Å². The van der Waals surface area contributed by atoms with E-state index >= 15 is 0 Å². The number of carbonyl (C=O) groups excluding carboxylic acids is 1. The van der Waals surface area contributed by atoms with Crippen LogP contribution in [-0.2, 0) is 29.6 Å². The Hall–Kier alpha value is -2.05. The first kappa shape index (κ1) is 17.3. The number of nitrogens with one attached hydrogen (secondary N) is 1. The summed E-state index contributed by atoms with van der Waals surface area (Å²) in [6, 6.07) is 0. The average Bonchev–Trinajstić information content (AvgIpc) is 2.87. The van der Waals surface area contributed by atoms with Gasteiger partial charge in [-0.1, -0.05) is 6.92 Å². The maximum atomic E-state index is 12.3. The monoisotopic (exact) mass is 323 g/mol. The number of carbonyl (C=O) groups is 2. The number of aliphatic carboxylic acids is 1. The lowest BCUT2D eigenvalue weighted by atomic mass is 9.81. The van der Waals surface area contributed by atoms with Crippen LogP contribution in [0, 0.1) is 11.8 Å². The van der Waals surface area contributed by atoms with Crippen molar-refractivity contribution in [1.29, 1.82) is 0 Å². The molecule has 1 amide bonds. The Labute approximate surface area is 136 Å². The minimum Gasteiger partial charge on any atom is -0.481 e. The van der Waals surface area contributed by atoms with E-state index in [0.29, 0.717) is 38.1 Å². The molecule has 0 unspecified atom stereocenters. The topological polar surface area (TPSA) is 93.5 Å². The molecule has 128 valence electrons. The van der Waals surface area contributed by atoms with E-state index in [1.165, 1.54) is 0 Å². The van der Waals surface area contributed by atoms with Crippen LogP contribution in [0.4, 0.5) is 0 Å². The average molecular weight is 323 g/mol. The van der Waals surface area contributed by atoms with E-state index in [0.717, 1.165) is 17.7 Å². The molecule has 0 spiro atoms. The number of amides is 1. The highest BCUT2D eigenvalue weighted by Gasteiger charge is 2.30. The Morgan fingerprint density at radius 2 is 1.91 bits per heavy atom. The van der Waals surface area contributed by atoms with Gasteiger partial charge in [0.15, 0.2) is 0 Å². The van der Waals surface area contributed by atoms with Crippen LogP contribution in [0.5, 0.6) is 5.88 Å². The summed E-state index contributed by atoms with van der Waals surface area (Å²) >= 11 is 0. The van der Waals surface area contributed by atoms with E-state index in [2.05, 4.69) is 10.4 Å². The van der Waals surface area contributed by atoms with Gasteiger partial charge < -0.3 is 15.2 Å². The smallest absolute Gasteiger partial charge is 0.306 e. The van der Waals surface area contributed by atoms with Crippen molar-refractivity contribution in [1.82, 2.24) is 15.1 Å².